The van der Waals surface area contributed by atoms with Crippen LogP contribution in [0.5, 0.6) is 0 Å². The predicted molar refractivity (Wildman–Crippen MR) is 67.5 cm³/mol. The fraction of sp³-hybridized carbons (Fsp3) is 0.400. The van der Waals surface area contributed by atoms with Crippen molar-refractivity contribution >= 4 is 28.9 Å². The maximum Gasteiger partial charge on any atom is 0.209 e. The van der Waals surface area contributed by atoms with Gasteiger partial charge in [0.05, 0.1) is 10.6 Å². The maximum absolute atomic E-state index is 11.9. The van der Waals surface area contributed by atoms with Gasteiger partial charge in [-0.2, -0.15) is 0 Å². The summed E-state index contributed by atoms with van der Waals surface area (Å²) in [5.41, 5.74) is 0. The van der Waals surface area contributed by atoms with Gasteiger partial charge in [0, 0.05) is 11.9 Å². The summed E-state index contributed by atoms with van der Waals surface area (Å²) in [6.07, 6.45) is 0.971. The first kappa shape index (κ1) is 12.3. The highest BCUT2D eigenvalue weighted by Crippen LogP contribution is 2.21. The lowest BCUT2D eigenvalue weighted by Gasteiger charge is -1.97. The molecule has 0 N–H and O–H groups in total. The van der Waals surface area contributed by atoms with Crippen LogP contribution in [-0.4, -0.2) is 31.7 Å². The molecule has 2 aromatic heterocycles. The molecule has 0 atom stereocenters. The number of thioether (sulfide) groups is 1. The number of tetrazole rings is 1. The second-order valence-corrected chi connectivity index (χ2v) is 5.53. The first-order valence-corrected chi connectivity index (χ1v) is 6.98. The topological polar surface area (TPSA) is 60.7 Å². The van der Waals surface area contributed by atoms with Crippen molar-refractivity contribution in [3.8, 4) is 0 Å². The third-order valence-corrected chi connectivity index (χ3v) is 4.48. The summed E-state index contributed by atoms with van der Waals surface area (Å²) >= 11 is 2.92. The van der Waals surface area contributed by atoms with E-state index < -0.39 is 0 Å². The standard InChI is InChI=1S/C10H12N4OS2/c1-3-7-4-5-9(17-7)8(15)6-16-10-11-12-13-14(10)2/h4-5H,3,6H2,1-2H3. The van der Waals surface area contributed by atoms with E-state index in [2.05, 4.69) is 22.4 Å². The fourth-order valence-electron chi connectivity index (χ4n) is 1.26. The highest BCUT2D eigenvalue weighted by atomic mass is 32.2. The third kappa shape index (κ3) is 2.92. The van der Waals surface area contributed by atoms with Gasteiger partial charge in [-0.1, -0.05) is 18.7 Å². The van der Waals surface area contributed by atoms with Crippen LogP contribution in [0.25, 0.3) is 0 Å². The zero-order valence-electron chi connectivity index (χ0n) is 9.58. The summed E-state index contributed by atoms with van der Waals surface area (Å²) in [6, 6.07) is 3.90. The molecule has 0 aromatic carbocycles. The van der Waals surface area contributed by atoms with Crippen LogP contribution in [0.4, 0.5) is 0 Å². The molecule has 0 aliphatic rings. The fourth-order valence-corrected chi connectivity index (χ4v) is 2.97. The van der Waals surface area contributed by atoms with Crippen molar-refractivity contribution in [1.29, 1.82) is 0 Å². The SMILES string of the molecule is CCc1ccc(C(=O)CSc2nnnn2C)s1. The van der Waals surface area contributed by atoms with E-state index in [1.807, 2.05) is 12.1 Å². The number of aryl methyl sites for hydroxylation is 2. The van der Waals surface area contributed by atoms with Gasteiger partial charge in [-0.3, -0.25) is 4.79 Å². The van der Waals surface area contributed by atoms with E-state index in [1.165, 1.54) is 16.6 Å². The van der Waals surface area contributed by atoms with E-state index in [0.29, 0.717) is 10.9 Å². The van der Waals surface area contributed by atoms with Gasteiger partial charge in [-0.05, 0) is 29.0 Å². The molecule has 0 radical (unpaired) electrons. The minimum Gasteiger partial charge on any atom is -0.292 e. The van der Waals surface area contributed by atoms with Gasteiger partial charge in [0.15, 0.2) is 5.78 Å². The van der Waals surface area contributed by atoms with Crippen molar-refractivity contribution in [2.45, 2.75) is 18.5 Å². The smallest absolute Gasteiger partial charge is 0.209 e. The monoisotopic (exact) mass is 268 g/mol. The Balaban J connectivity index is 1.95. The Hall–Kier alpha value is -1.21. The first-order chi connectivity index (χ1) is 8.20. The Bertz CT molecular complexity index is 520. The minimum absolute atomic E-state index is 0.128. The molecule has 5 nitrogen and oxygen atoms in total. The van der Waals surface area contributed by atoms with Gasteiger partial charge in [0.1, 0.15) is 0 Å². The number of carbonyl (C=O) groups is 1. The van der Waals surface area contributed by atoms with Crippen molar-refractivity contribution < 1.29 is 4.79 Å². The molecule has 7 heteroatoms. The van der Waals surface area contributed by atoms with Crippen LogP contribution in [0, 0.1) is 0 Å². The highest BCUT2D eigenvalue weighted by Gasteiger charge is 2.11. The second kappa shape index (κ2) is 5.42. The Kier molecular flexibility index (Phi) is 3.90. The van der Waals surface area contributed by atoms with Crippen LogP contribution in [0.3, 0.4) is 0 Å². The second-order valence-electron chi connectivity index (χ2n) is 3.42. The van der Waals surface area contributed by atoms with Gasteiger partial charge < -0.3 is 0 Å². The minimum atomic E-state index is 0.128. The summed E-state index contributed by atoms with van der Waals surface area (Å²) in [4.78, 5) is 13.9. The number of carbonyl (C=O) groups excluding carboxylic acids is 1. The van der Waals surface area contributed by atoms with Gasteiger partial charge in [0.25, 0.3) is 0 Å². The quantitative estimate of drug-likeness (QED) is 0.611. The molecule has 0 aliphatic carbocycles. The molecule has 90 valence electrons. The summed E-state index contributed by atoms with van der Waals surface area (Å²) < 4.78 is 1.56. The molecule has 0 saturated heterocycles. The van der Waals surface area contributed by atoms with Crippen LogP contribution in [0.1, 0.15) is 21.5 Å². The third-order valence-electron chi connectivity index (χ3n) is 2.20. The number of aromatic nitrogens is 4. The first-order valence-electron chi connectivity index (χ1n) is 5.17. The van der Waals surface area contributed by atoms with Gasteiger partial charge in [-0.25, -0.2) is 4.68 Å². The number of hydrogen-bond acceptors (Lipinski definition) is 6. The normalized spacial score (nSPS) is 10.7. The molecule has 17 heavy (non-hydrogen) atoms. The lowest BCUT2D eigenvalue weighted by Crippen LogP contribution is -2.01. The lowest BCUT2D eigenvalue weighted by molar-refractivity contribution is 0.102. The van der Waals surface area contributed by atoms with Crippen LogP contribution in [-0.2, 0) is 13.5 Å². The van der Waals surface area contributed by atoms with E-state index in [0.717, 1.165) is 11.3 Å². The summed E-state index contributed by atoms with van der Waals surface area (Å²) in [5, 5.41) is 11.7. The van der Waals surface area contributed by atoms with Gasteiger partial charge in [0.2, 0.25) is 5.16 Å². The van der Waals surface area contributed by atoms with Crippen molar-refractivity contribution in [2.75, 3.05) is 5.75 Å². The number of Topliss-reactive ketones (excluding diaryl/α,β-unsaturated/α-hetero) is 1. The summed E-state index contributed by atoms with van der Waals surface area (Å²) in [6.45, 7) is 2.08. The van der Waals surface area contributed by atoms with Crippen molar-refractivity contribution in [3.05, 3.63) is 21.9 Å². The molecule has 0 saturated carbocycles. The highest BCUT2D eigenvalue weighted by molar-refractivity contribution is 7.99. The van der Waals surface area contributed by atoms with Gasteiger partial charge >= 0.3 is 0 Å². The van der Waals surface area contributed by atoms with E-state index in [9.17, 15) is 4.79 Å². The Morgan fingerprint density at radius 3 is 2.94 bits per heavy atom. The van der Waals surface area contributed by atoms with E-state index in [4.69, 9.17) is 0 Å². The molecule has 0 spiro atoms. The molecule has 0 amide bonds. The lowest BCUT2D eigenvalue weighted by atomic mass is 10.3. The summed E-state index contributed by atoms with van der Waals surface area (Å²) in [5.74, 6) is 0.500. The molecule has 0 aliphatic heterocycles. The molecule has 0 fully saturated rings. The predicted octanol–water partition coefficient (Wildman–Crippen LogP) is 1.81. The van der Waals surface area contributed by atoms with Crippen LogP contribution in [0.2, 0.25) is 0 Å². The number of rotatable bonds is 5. The Labute approximate surface area is 107 Å². The number of ketones is 1. The molecular formula is C10H12N4OS2. The van der Waals surface area contributed by atoms with Crippen molar-refractivity contribution in [1.82, 2.24) is 20.2 Å². The Morgan fingerprint density at radius 1 is 1.53 bits per heavy atom. The summed E-state index contributed by atoms with van der Waals surface area (Å²) in [7, 11) is 1.76. The number of nitrogens with zero attached hydrogens (tertiary/aromatic N) is 4. The molecule has 2 heterocycles. The molecule has 2 aromatic rings. The Morgan fingerprint density at radius 2 is 2.35 bits per heavy atom. The van der Waals surface area contributed by atoms with Gasteiger partial charge in [-0.15, -0.1) is 16.4 Å². The van der Waals surface area contributed by atoms with Crippen molar-refractivity contribution in [2.24, 2.45) is 7.05 Å². The average molecular weight is 268 g/mol. The largest absolute Gasteiger partial charge is 0.292 e. The van der Waals surface area contributed by atoms with Crippen LogP contribution >= 0.6 is 23.1 Å². The molecule has 0 bridgehead atoms. The zero-order chi connectivity index (χ0) is 12.3. The van der Waals surface area contributed by atoms with Crippen molar-refractivity contribution in [3.63, 3.8) is 0 Å². The maximum atomic E-state index is 11.9. The van der Waals surface area contributed by atoms with E-state index >= 15 is 0 Å². The van der Waals surface area contributed by atoms with E-state index in [-0.39, 0.29) is 5.78 Å². The van der Waals surface area contributed by atoms with Crippen LogP contribution < -0.4 is 0 Å². The number of thiophene rings is 1. The zero-order valence-corrected chi connectivity index (χ0v) is 11.2. The average Bonchev–Trinajstić information content (AvgIpc) is 2.94. The molecular weight excluding hydrogens is 256 g/mol. The van der Waals surface area contributed by atoms with E-state index in [1.54, 1.807) is 23.1 Å². The molecule has 0 unspecified atom stereocenters. The molecule has 2 rings (SSSR count). The number of hydrogen-bond donors (Lipinski definition) is 0. The van der Waals surface area contributed by atoms with Crippen LogP contribution in [0.15, 0.2) is 17.3 Å².